The Balaban J connectivity index is 1.76. The maximum absolute atomic E-state index is 13.9. The van der Waals surface area contributed by atoms with Gasteiger partial charge in [0.25, 0.3) is 10.0 Å². The van der Waals surface area contributed by atoms with Crippen LogP contribution in [0.3, 0.4) is 0 Å². The molecule has 1 aliphatic heterocycles. The lowest BCUT2D eigenvalue weighted by Crippen LogP contribution is -2.45. The molecule has 0 fully saturated rings. The molecule has 1 aliphatic carbocycles. The zero-order valence-electron chi connectivity index (χ0n) is 19.5. The first kappa shape index (κ1) is 22.9. The van der Waals surface area contributed by atoms with Crippen LogP contribution in [0.5, 0.6) is 0 Å². The van der Waals surface area contributed by atoms with E-state index in [9.17, 15) is 12.8 Å². The minimum absolute atomic E-state index is 0.207. The number of halogens is 1. The summed E-state index contributed by atoms with van der Waals surface area (Å²) in [5, 5.41) is 0. The molecule has 35 heavy (non-hydrogen) atoms. The van der Waals surface area contributed by atoms with Gasteiger partial charge >= 0.3 is 0 Å². The minimum atomic E-state index is -3.91. The topological polar surface area (TPSA) is 40.6 Å². The molecule has 0 N–H and O–H groups in total. The van der Waals surface area contributed by atoms with Gasteiger partial charge in [-0.3, -0.25) is 0 Å². The molecule has 3 aromatic carbocycles. The van der Waals surface area contributed by atoms with E-state index in [0.29, 0.717) is 17.0 Å². The van der Waals surface area contributed by atoms with Crippen LogP contribution in [0.25, 0.3) is 5.70 Å². The summed E-state index contributed by atoms with van der Waals surface area (Å²) in [4.78, 5) is 2.29. The Morgan fingerprint density at radius 3 is 2.06 bits per heavy atom. The lowest BCUT2D eigenvalue weighted by molar-refractivity contribution is 0.522. The van der Waals surface area contributed by atoms with Crippen LogP contribution in [0.1, 0.15) is 16.7 Å². The summed E-state index contributed by atoms with van der Waals surface area (Å²) in [5.74, 6) is -0.352. The molecule has 0 bridgehead atoms. The SMILES string of the molecule is Cc1ccc(N2C(c3ccc(F)cc3)=CN(S(=O)(=O)c3ccc(C)cc3)C3=CC=CC=CC32)cc1. The number of aryl methyl sites for hydroxylation is 2. The fourth-order valence-electron chi connectivity index (χ4n) is 4.28. The molecule has 0 radical (unpaired) electrons. The highest BCUT2D eigenvalue weighted by molar-refractivity contribution is 7.89. The van der Waals surface area contributed by atoms with Crippen molar-refractivity contribution in [1.29, 1.82) is 0 Å². The highest BCUT2D eigenvalue weighted by Gasteiger charge is 2.38. The van der Waals surface area contributed by atoms with Crippen molar-refractivity contribution in [2.24, 2.45) is 0 Å². The quantitative estimate of drug-likeness (QED) is 0.434. The normalized spacial score (nSPS) is 17.5. The molecule has 0 saturated heterocycles. The summed E-state index contributed by atoms with van der Waals surface area (Å²) in [6.45, 7) is 3.94. The standard InChI is InChI=1S/C29H25FN2O2S/c1-21-8-16-25(17-9-21)32-28-7-5-3-4-6-27(28)31(20-29(32)23-12-14-24(30)15-13-23)35(33,34)26-18-10-22(2)11-19-26/h3-20,28H,1-2H3. The smallest absolute Gasteiger partial charge is 0.267 e. The van der Waals surface area contributed by atoms with Gasteiger partial charge in [0.2, 0.25) is 0 Å². The number of anilines is 1. The second kappa shape index (κ2) is 9.04. The highest BCUT2D eigenvalue weighted by atomic mass is 32.2. The zero-order chi connectivity index (χ0) is 24.6. The molecule has 176 valence electrons. The van der Waals surface area contributed by atoms with Crippen molar-refractivity contribution < 1.29 is 12.8 Å². The lowest BCUT2D eigenvalue weighted by atomic mass is 10.0. The van der Waals surface area contributed by atoms with Crippen molar-refractivity contribution in [2.45, 2.75) is 24.8 Å². The average molecular weight is 485 g/mol. The fourth-order valence-corrected chi connectivity index (χ4v) is 5.67. The van der Waals surface area contributed by atoms with Crippen molar-refractivity contribution in [1.82, 2.24) is 4.31 Å². The Bertz CT molecular complexity index is 1470. The lowest BCUT2D eigenvalue weighted by Gasteiger charge is -2.43. The van der Waals surface area contributed by atoms with Crippen LogP contribution in [0.2, 0.25) is 0 Å². The Morgan fingerprint density at radius 2 is 1.40 bits per heavy atom. The molecule has 5 rings (SSSR count). The Morgan fingerprint density at radius 1 is 0.771 bits per heavy atom. The molecule has 0 aromatic heterocycles. The van der Waals surface area contributed by atoms with Gasteiger partial charge in [0.05, 0.1) is 22.3 Å². The molecule has 6 heteroatoms. The van der Waals surface area contributed by atoms with Crippen molar-refractivity contribution in [2.75, 3.05) is 4.90 Å². The van der Waals surface area contributed by atoms with Gasteiger partial charge in [0.15, 0.2) is 0 Å². The van der Waals surface area contributed by atoms with Gasteiger partial charge in [0, 0.05) is 11.9 Å². The zero-order valence-corrected chi connectivity index (χ0v) is 20.3. The van der Waals surface area contributed by atoms with E-state index in [2.05, 4.69) is 4.90 Å². The van der Waals surface area contributed by atoms with Crippen molar-refractivity contribution in [3.63, 3.8) is 0 Å². The predicted molar refractivity (Wildman–Crippen MR) is 138 cm³/mol. The van der Waals surface area contributed by atoms with Gasteiger partial charge in [-0.25, -0.2) is 17.1 Å². The van der Waals surface area contributed by atoms with Crippen LogP contribution in [-0.2, 0) is 10.0 Å². The molecule has 0 spiro atoms. The number of rotatable bonds is 4. The second-order valence-corrected chi connectivity index (χ2v) is 10.5. The van der Waals surface area contributed by atoms with Crippen molar-refractivity contribution in [3.8, 4) is 0 Å². The van der Waals surface area contributed by atoms with Crippen LogP contribution >= 0.6 is 0 Å². The van der Waals surface area contributed by atoms with E-state index in [4.69, 9.17) is 0 Å². The molecule has 3 aromatic rings. The van der Waals surface area contributed by atoms with Gasteiger partial charge in [-0.05, 0) is 74.0 Å². The first-order valence-corrected chi connectivity index (χ1v) is 12.8. The Labute approximate surface area is 205 Å². The van der Waals surface area contributed by atoms with Gasteiger partial charge in [-0.15, -0.1) is 0 Å². The number of fused-ring (bicyclic) bond motifs is 1. The molecular weight excluding hydrogens is 459 g/mol. The van der Waals surface area contributed by atoms with Gasteiger partial charge in [0.1, 0.15) is 5.82 Å². The number of sulfonamides is 1. The monoisotopic (exact) mass is 484 g/mol. The number of nitrogens with zero attached hydrogens (tertiary/aromatic N) is 2. The maximum atomic E-state index is 13.9. The minimum Gasteiger partial charge on any atom is -0.327 e. The first-order chi connectivity index (χ1) is 16.8. The summed E-state index contributed by atoms with van der Waals surface area (Å²) in [7, 11) is -3.91. The van der Waals surface area contributed by atoms with Gasteiger partial charge < -0.3 is 4.90 Å². The number of hydrogen-bond donors (Lipinski definition) is 0. The molecule has 0 amide bonds. The molecular formula is C29H25FN2O2S. The predicted octanol–water partition coefficient (Wildman–Crippen LogP) is 6.33. The number of allylic oxidation sites excluding steroid dienone is 4. The van der Waals surface area contributed by atoms with E-state index in [1.54, 1.807) is 42.6 Å². The Hall–Kier alpha value is -3.90. The van der Waals surface area contributed by atoms with E-state index in [1.807, 2.05) is 68.5 Å². The maximum Gasteiger partial charge on any atom is 0.267 e. The molecule has 1 unspecified atom stereocenters. The average Bonchev–Trinajstić information content (AvgIpc) is 3.10. The van der Waals surface area contributed by atoms with Gasteiger partial charge in [-0.1, -0.05) is 59.7 Å². The summed E-state index contributed by atoms with van der Waals surface area (Å²) < 4.78 is 42.9. The van der Waals surface area contributed by atoms with Crippen LogP contribution in [0.15, 0.2) is 120 Å². The van der Waals surface area contributed by atoms with Crippen LogP contribution < -0.4 is 4.90 Å². The van der Waals surface area contributed by atoms with Crippen LogP contribution in [-0.4, -0.2) is 18.8 Å². The van der Waals surface area contributed by atoms with E-state index >= 15 is 0 Å². The Kier molecular flexibility index (Phi) is 5.91. The van der Waals surface area contributed by atoms with E-state index in [1.165, 1.54) is 16.4 Å². The fraction of sp³-hybridized carbons (Fsp3) is 0.103. The van der Waals surface area contributed by atoms with Crippen molar-refractivity contribution >= 4 is 21.4 Å². The molecule has 1 heterocycles. The molecule has 4 nitrogen and oxygen atoms in total. The molecule has 0 saturated carbocycles. The van der Waals surface area contributed by atoms with Crippen LogP contribution in [0, 0.1) is 19.7 Å². The summed E-state index contributed by atoms with van der Waals surface area (Å²) in [6, 6.07) is 20.6. The third-order valence-corrected chi connectivity index (χ3v) is 7.85. The van der Waals surface area contributed by atoms with Crippen molar-refractivity contribution in [3.05, 3.63) is 138 Å². The summed E-state index contributed by atoms with van der Waals surface area (Å²) in [6.07, 6.45) is 11.1. The molecule has 2 aliphatic rings. The van der Waals surface area contributed by atoms with E-state index in [0.717, 1.165) is 16.8 Å². The number of benzene rings is 3. The second-order valence-electron chi connectivity index (χ2n) is 8.65. The van der Waals surface area contributed by atoms with E-state index < -0.39 is 16.1 Å². The number of hydrogen-bond acceptors (Lipinski definition) is 3. The van der Waals surface area contributed by atoms with E-state index in [-0.39, 0.29) is 10.7 Å². The summed E-state index contributed by atoms with van der Waals surface area (Å²) >= 11 is 0. The van der Waals surface area contributed by atoms with Gasteiger partial charge in [-0.2, -0.15) is 0 Å². The molecule has 1 atom stereocenters. The first-order valence-electron chi connectivity index (χ1n) is 11.3. The highest BCUT2D eigenvalue weighted by Crippen LogP contribution is 2.40. The van der Waals surface area contributed by atoms with Crippen LogP contribution in [0.4, 0.5) is 10.1 Å². The largest absolute Gasteiger partial charge is 0.327 e. The third kappa shape index (κ3) is 4.33. The summed E-state index contributed by atoms with van der Waals surface area (Å²) in [5.41, 5.74) is 4.96. The third-order valence-electron chi connectivity index (χ3n) is 6.15.